The van der Waals surface area contributed by atoms with E-state index in [9.17, 15) is 0 Å². The van der Waals surface area contributed by atoms with Gasteiger partial charge in [-0.05, 0) is 17.7 Å². The Hall–Kier alpha value is -1.90. The molecule has 0 heterocycles. The van der Waals surface area contributed by atoms with Gasteiger partial charge in [-0.1, -0.05) is 111 Å². The predicted octanol–water partition coefficient (Wildman–Crippen LogP) is 4.31. The molecule has 0 unspecified atom stereocenters. The van der Waals surface area contributed by atoms with E-state index in [-0.39, 0.29) is 0 Å². The minimum atomic E-state index is -1.05. The third-order valence-electron chi connectivity index (χ3n) is 3.62. The highest BCUT2D eigenvalue weighted by Crippen LogP contribution is 2.19. The van der Waals surface area contributed by atoms with Crippen LogP contribution in [-0.4, -0.2) is 8.80 Å². The van der Waals surface area contributed by atoms with Gasteiger partial charge in [-0.25, -0.2) is 0 Å². The van der Waals surface area contributed by atoms with Crippen LogP contribution in [0, 0.1) is 0 Å². The van der Waals surface area contributed by atoms with Crippen molar-refractivity contribution in [2.24, 2.45) is 0 Å². The lowest BCUT2D eigenvalue weighted by molar-refractivity contribution is 1.60. The average molecular weight is 364 g/mol. The normalized spacial score (nSPS) is 10.6. The van der Waals surface area contributed by atoms with Crippen LogP contribution < -0.4 is 10.4 Å². The highest BCUT2D eigenvalue weighted by Gasteiger charge is 2.21. The molecular weight excluding hydrogens is 348 g/mol. The van der Waals surface area contributed by atoms with Gasteiger partial charge in [0.25, 0.3) is 0 Å². The first-order valence-electron chi connectivity index (χ1n) is 7.19. The summed E-state index contributed by atoms with van der Waals surface area (Å²) in [6.07, 6.45) is 0. The fourth-order valence-electron chi connectivity index (χ4n) is 2.52. The van der Waals surface area contributed by atoms with E-state index in [1.165, 1.54) is 21.1 Å². The van der Waals surface area contributed by atoms with E-state index >= 15 is 0 Å². The minimum absolute atomic E-state index is 1.05. The van der Waals surface area contributed by atoms with Crippen LogP contribution >= 0.6 is 15.9 Å². The zero-order valence-corrected chi connectivity index (χ0v) is 14.8. The van der Waals surface area contributed by atoms with Gasteiger partial charge in [-0.3, -0.25) is 0 Å². The Morgan fingerprint density at radius 3 is 1.59 bits per heavy atom. The van der Waals surface area contributed by atoms with Gasteiger partial charge in [-0.15, -0.1) is 0 Å². The molecule has 0 nitrogen and oxygen atoms in total. The van der Waals surface area contributed by atoms with Crippen molar-refractivity contribution in [1.29, 1.82) is 0 Å². The van der Waals surface area contributed by atoms with Gasteiger partial charge in [0.2, 0.25) is 0 Å². The van der Waals surface area contributed by atoms with Crippen LogP contribution in [0.4, 0.5) is 0 Å². The molecule has 0 amide bonds. The summed E-state index contributed by atoms with van der Waals surface area (Å²) in [5.74, 6) is 0. The van der Waals surface area contributed by atoms with E-state index in [1.54, 1.807) is 0 Å². The summed E-state index contributed by atoms with van der Waals surface area (Å²) in [5, 5.41) is 3.95. The monoisotopic (exact) mass is 363 g/mol. The molecule has 107 valence electrons. The zero-order chi connectivity index (χ0) is 15.4. The lowest BCUT2D eigenvalue weighted by Crippen LogP contribution is -2.43. The summed E-state index contributed by atoms with van der Waals surface area (Å²) < 4.78 is 1.09. The molecule has 0 fully saturated rings. The topological polar surface area (TPSA) is 0 Å². The molecule has 0 aliphatic rings. The molecule has 0 saturated carbocycles. The van der Waals surface area contributed by atoms with Crippen LogP contribution in [0.15, 0.2) is 96.0 Å². The van der Waals surface area contributed by atoms with Gasteiger partial charge < -0.3 is 0 Å². The highest BCUT2D eigenvalue weighted by molar-refractivity contribution is 9.10. The molecule has 0 spiro atoms. The fourth-order valence-corrected chi connectivity index (χ4v) is 5.32. The Labute approximate surface area is 141 Å². The van der Waals surface area contributed by atoms with Crippen LogP contribution in [0.1, 0.15) is 5.56 Å². The Kier molecular flexibility index (Phi) is 4.71. The second-order valence-corrected chi connectivity index (χ2v) is 8.52. The lowest BCUT2D eigenvalue weighted by Gasteiger charge is -2.19. The smallest absolute Gasteiger partial charge is 0.0986 e. The van der Waals surface area contributed by atoms with E-state index in [2.05, 4.69) is 107 Å². The molecular formula is C20H16BrSi. The van der Waals surface area contributed by atoms with Crippen LogP contribution in [0.2, 0.25) is 0 Å². The first kappa shape index (κ1) is 15.0. The molecule has 0 aromatic heterocycles. The Bertz CT molecular complexity index is 709. The van der Waals surface area contributed by atoms with Gasteiger partial charge >= 0.3 is 0 Å². The second kappa shape index (κ2) is 6.90. The molecule has 3 aromatic carbocycles. The van der Waals surface area contributed by atoms with Crippen molar-refractivity contribution in [3.8, 4) is 0 Å². The first-order valence-corrected chi connectivity index (χ1v) is 9.48. The summed E-state index contributed by atoms with van der Waals surface area (Å²) in [6.45, 7) is 4.44. The molecule has 1 radical (unpaired) electrons. The van der Waals surface area contributed by atoms with Crippen LogP contribution in [0.3, 0.4) is 0 Å². The van der Waals surface area contributed by atoms with E-state index in [0.717, 1.165) is 4.47 Å². The Balaban J connectivity index is 2.06. The van der Waals surface area contributed by atoms with E-state index < -0.39 is 8.80 Å². The van der Waals surface area contributed by atoms with Crippen LogP contribution in [0.25, 0.3) is 5.20 Å². The molecule has 0 N–H and O–H groups in total. The zero-order valence-electron chi connectivity index (χ0n) is 12.2. The maximum absolute atomic E-state index is 4.44. The quantitative estimate of drug-likeness (QED) is 0.605. The third-order valence-corrected chi connectivity index (χ3v) is 6.86. The predicted molar refractivity (Wildman–Crippen MR) is 101 cm³/mol. The largest absolute Gasteiger partial charge is 0.154 e. The van der Waals surface area contributed by atoms with Crippen molar-refractivity contribution in [3.05, 3.63) is 102 Å². The number of hydrogen-bond donors (Lipinski definition) is 0. The molecule has 0 aliphatic heterocycles. The van der Waals surface area contributed by atoms with E-state index in [1.807, 2.05) is 0 Å². The van der Waals surface area contributed by atoms with Crippen molar-refractivity contribution in [3.63, 3.8) is 0 Å². The molecule has 0 bridgehead atoms. The summed E-state index contributed by atoms with van der Waals surface area (Å²) in [5.41, 5.74) is 1.21. The van der Waals surface area contributed by atoms with Crippen molar-refractivity contribution in [2.45, 2.75) is 0 Å². The van der Waals surface area contributed by atoms with Crippen molar-refractivity contribution in [1.82, 2.24) is 0 Å². The summed E-state index contributed by atoms with van der Waals surface area (Å²) in [7, 11) is -1.05. The summed E-state index contributed by atoms with van der Waals surface area (Å²) >= 11 is 3.50. The lowest BCUT2D eigenvalue weighted by atomic mass is 10.2. The van der Waals surface area contributed by atoms with E-state index in [0.29, 0.717) is 0 Å². The van der Waals surface area contributed by atoms with Crippen molar-refractivity contribution in [2.75, 3.05) is 0 Å². The standard InChI is InChI=1S/C20H16BrSi/c1-16(17-12-14-18(21)15-13-17)22(19-8-4-2-5-9-19)20-10-6-3-7-11-20/h2-15H,1H2. The molecule has 0 aliphatic carbocycles. The van der Waals surface area contributed by atoms with Gasteiger partial charge in [0, 0.05) is 4.47 Å². The minimum Gasteiger partial charge on any atom is -0.0986 e. The number of halogens is 1. The number of hydrogen-bond acceptors (Lipinski definition) is 0. The SMILES string of the molecule is C=C(c1ccc(Br)cc1)[Si](c1ccccc1)c1ccccc1. The molecule has 3 rings (SSSR count). The maximum Gasteiger partial charge on any atom is 0.154 e. The first-order chi connectivity index (χ1) is 10.8. The maximum atomic E-state index is 4.44. The Morgan fingerprint density at radius 2 is 1.14 bits per heavy atom. The van der Waals surface area contributed by atoms with Crippen LogP contribution in [-0.2, 0) is 0 Å². The highest BCUT2D eigenvalue weighted by atomic mass is 79.9. The Morgan fingerprint density at radius 1 is 0.682 bits per heavy atom. The molecule has 0 saturated heterocycles. The van der Waals surface area contributed by atoms with Gasteiger partial charge in [0.15, 0.2) is 8.80 Å². The molecule has 0 atom stereocenters. The summed E-state index contributed by atoms with van der Waals surface area (Å²) in [4.78, 5) is 0. The van der Waals surface area contributed by atoms with Crippen molar-refractivity contribution < 1.29 is 0 Å². The van der Waals surface area contributed by atoms with Crippen LogP contribution in [0.5, 0.6) is 0 Å². The van der Waals surface area contributed by atoms with E-state index in [4.69, 9.17) is 0 Å². The molecule has 3 aromatic rings. The second-order valence-electron chi connectivity index (χ2n) is 5.09. The molecule has 2 heteroatoms. The summed E-state index contributed by atoms with van der Waals surface area (Å²) in [6, 6.07) is 29.9. The average Bonchev–Trinajstić information content (AvgIpc) is 2.57. The number of benzene rings is 3. The van der Waals surface area contributed by atoms with Gasteiger partial charge in [0.1, 0.15) is 0 Å². The van der Waals surface area contributed by atoms with Gasteiger partial charge in [0.05, 0.1) is 0 Å². The van der Waals surface area contributed by atoms with Gasteiger partial charge in [-0.2, -0.15) is 0 Å². The number of rotatable bonds is 4. The third kappa shape index (κ3) is 3.29. The molecule has 22 heavy (non-hydrogen) atoms. The van der Waals surface area contributed by atoms with Crippen molar-refractivity contribution >= 4 is 40.3 Å². The fraction of sp³-hybridized carbons (Fsp3) is 0.